The summed E-state index contributed by atoms with van der Waals surface area (Å²) in [6.45, 7) is 5.95. The molecule has 0 spiro atoms. The van der Waals surface area contributed by atoms with Gasteiger partial charge in [0.15, 0.2) is 0 Å². The lowest BCUT2D eigenvalue weighted by molar-refractivity contribution is 0.145. The van der Waals surface area contributed by atoms with Crippen molar-refractivity contribution in [1.29, 1.82) is 0 Å². The predicted octanol–water partition coefficient (Wildman–Crippen LogP) is 4.69. The van der Waals surface area contributed by atoms with Gasteiger partial charge in [-0.05, 0) is 26.3 Å². The number of aromatic amines is 1. The van der Waals surface area contributed by atoms with Gasteiger partial charge in [0.25, 0.3) is 0 Å². The summed E-state index contributed by atoms with van der Waals surface area (Å²) >= 11 is 0. The number of hydrogen-bond acceptors (Lipinski definition) is 2. The third-order valence-corrected chi connectivity index (χ3v) is 4.24. The highest BCUT2D eigenvalue weighted by Crippen LogP contribution is 2.34. The van der Waals surface area contributed by atoms with E-state index in [-0.39, 0.29) is 6.03 Å². The zero-order valence-corrected chi connectivity index (χ0v) is 15.3. The van der Waals surface area contributed by atoms with Crippen molar-refractivity contribution in [3.8, 4) is 11.3 Å². The van der Waals surface area contributed by atoms with Gasteiger partial charge >= 0.3 is 6.03 Å². The number of nitrogens with one attached hydrogen (secondary N) is 3. The molecule has 0 saturated heterocycles. The normalized spacial score (nSPS) is 10.8. The number of anilines is 1. The Bertz CT molecular complexity index is 869. The average Bonchev–Trinajstić information content (AvgIpc) is 3.01. The highest BCUT2D eigenvalue weighted by Gasteiger charge is 2.15. The minimum atomic E-state index is -0.209. The van der Waals surface area contributed by atoms with Crippen LogP contribution in [-0.4, -0.2) is 30.8 Å². The van der Waals surface area contributed by atoms with Crippen molar-refractivity contribution < 1.29 is 9.53 Å². The van der Waals surface area contributed by atoms with Crippen LogP contribution in [0.5, 0.6) is 0 Å². The Hall–Kier alpha value is -2.79. The maximum absolute atomic E-state index is 12.3. The van der Waals surface area contributed by atoms with E-state index in [9.17, 15) is 4.79 Å². The Morgan fingerprint density at radius 3 is 2.65 bits per heavy atom. The van der Waals surface area contributed by atoms with Crippen LogP contribution in [0, 0.1) is 6.92 Å². The van der Waals surface area contributed by atoms with Gasteiger partial charge in [0, 0.05) is 36.2 Å². The van der Waals surface area contributed by atoms with E-state index in [0.717, 1.165) is 34.3 Å². The molecule has 3 rings (SSSR count). The van der Waals surface area contributed by atoms with Crippen molar-refractivity contribution in [2.75, 3.05) is 25.1 Å². The number of urea groups is 1. The van der Waals surface area contributed by atoms with Crippen molar-refractivity contribution >= 4 is 22.6 Å². The van der Waals surface area contributed by atoms with E-state index in [1.54, 1.807) is 0 Å². The molecule has 1 aromatic heterocycles. The summed E-state index contributed by atoms with van der Waals surface area (Å²) < 4.78 is 5.29. The Labute approximate surface area is 153 Å². The summed E-state index contributed by atoms with van der Waals surface area (Å²) in [6.07, 6.45) is 0.792. The number of benzene rings is 2. The summed E-state index contributed by atoms with van der Waals surface area (Å²) in [5.41, 5.74) is 4.95. The highest BCUT2D eigenvalue weighted by molar-refractivity contribution is 6.07. The molecule has 0 fully saturated rings. The van der Waals surface area contributed by atoms with Crippen molar-refractivity contribution in [1.82, 2.24) is 10.3 Å². The third-order valence-electron chi connectivity index (χ3n) is 4.24. The largest absolute Gasteiger partial charge is 0.382 e. The minimum absolute atomic E-state index is 0.209. The van der Waals surface area contributed by atoms with Crippen LogP contribution in [0.25, 0.3) is 22.2 Å². The maximum Gasteiger partial charge on any atom is 0.319 e. The molecule has 0 saturated carbocycles. The van der Waals surface area contributed by atoms with E-state index < -0.39 is 0 Å². The SMILES string of the molecule is CCOCCCNC(=O)Nc1c(-c2ccc(C)cc2)[nH]c2ccccc12. The fraction of sp³-hybridized carbons (Fsp3) is 0.286. The number of hydrogen-bond donors (Lipinski definition) is 3. The zero-order chi connectivity index (χ0) is 18.4. The fourth-order valence-corrected chi connectivity index (χ4v) is 2.89. The van der Waals surface area contributed by atoms with Gasteiger partial charge in [-0.15, -0.1) is 0 Å². The fourth-order valence-electron chi connectivity index (χ4n) is 2.89. The van der Waals surface area contributed by atoms with Gasteiger partial charge in [0.1, 0.15) is 0 Å². The Morgan fingerprint density at radius 1 is 1.12 bits per heavy atom. The molecule has 5 nitrogen and oxygen atoms in total. The summed E-state index contributed by atoms with van der Waals surface area (Å²) in [5, 5.41) is 6.90. The second kappa shape index (κ2) is 8.54. The first-order chi connectivity index (χ1) is 12.7. The predicted molar refractivity (Wildman–Crippen MR) is 107 cm³/mol. The van der Waals surface area contributed by atoms with Crippen LogP contribution in [0.1, 0.15) is 18.9 Å². The first-order valence-corrected chi connectivity index (χ1v) is 8.99. The molecule has 3 N–H and O–H groups in total. The molecule has 5 heteroatoms. The quantitative estimate of drug-likeness (QED) is 0.541. The zero-order valence-electron chi connectivity index (χ0n) is 15.3. The van der Waals surface area contributed by atoms with Crippen LogP contribution in [0.3, 0.4) is 0 Å². The standard InChI is InChI=1S/C21H25N3O2/c1-3-26-14-6-13-22-21(25)24-20-17-7-4-5-8-18(17)23-19(20)16-11-9-15(2)10-12-16/h4-5,7-12,23H,3,6,13-14H2,1-2H3,(H2,22,24,25). The van der Waals surface area contributed by atoms with Gasteiger partial charge in [0.05, 0.1) is 11.4 Å². The molecule has 0 bridgehead atoms. The van der Waals surface area contributed by atoms with Gasteiger partial charge in [-0.2, -0.15) is 0 Å². The van der Waals surface area contributed by atoms with Crippen LogP contribution in [0.15, 0.2) is 48.5 Å². The Kier molecular flexibility index (Phi) is 5.92. The monoisotopic (exact) mass is 351 g/mol. The number of amides is 2. The Balaban J connectivity index is 1.81. The van der Waals surface area contributed by atoms with Gasteiger partial charge < -0.3 is 20.4 Å². The van der Waals surface area contributed by atoms with E-state index in [1.807, 2.05) is 31.2 Å². The molecule has 0 aliphatic rings. The molecule has 136 valence electrons. The molecule has 2 amide bonds. The van der Waals surface area contributed by atoms with Crippen molar-refractivity contribution in [3.63, 3.8) is 0 Å². The van der Waals surface area contributed by atoms with E-state index >= 15 is 0 Å². The summed E-state index contributed by atoms with van der Waals surface area (Å²) in [5.74, 6) is 0. The highest BCUT2D eigenvalue weighted by atomic mass is 16.5. The first kappa shape index (κ1) is 18.0. The van der Waals surface area contributed by atoms with E-state index in [2.05, 4.69) is 46.8 Å². The first-order valence-electron chi connectivity index (χ1n) is 8.99. The lowest BCUT2D eigenvalue weighted by Crippen LogP contribution is -2.30. The molecule has 0 aliphatic carbocycles. The average molecular weight is 351 g/mol. The van der Waals surface area contributed by atoms with Gasteiger partial charge in [-0.1, -0.05) is 48.0 Å². The molecule has 0 unspecified atom stereocenters. The molecule has 2 aromatic carbocycles. The number of carbonyl (C=O) groups is 1. The smallest absolute Gasteiger partial charge is 0.319 e. The van der Waals surface area contributed by atoms with Crippen LogP contribution in [0.2, 0.25) is 0 Å². The molecular formula is C21H25N3O2. The van der Waals surface area contributed by atoms with Crippen molar-refractivity contribution in [2.24, 2.45) is 0 Å². The number of para-hydroxylation sites is 1. The molecular weight excluding hydrogens is 326 g/mol. The third kappa shape index (κ3) is 4.24. The van der Waals surface area contributed by atoms with E-state index in [0.29, 0.717) is 19.8 Å². The van der Waals surface area contributed by atoms with Gasteiger partial charge in [0.2, 0.25) is 0 Å². The van der Waals surface area contributed by atoms with Crippen LogP contribution in [-0.2, 0) is 4.74 Å². The second-order valence-corrected chi connectivity index (χ2v) is 6.22. The van der Waals surface area contributed by atoms with Crippen LogP contribution in [0.4, 0.5) is 10.5 Å². The van der Waals surface area contributed by atoms with Crippen molar-refractivity contribution in [3.05, 3.63) is 54.1 Å². The lowest BCUT2D eigenvalue weighted by Gasteiger charge is -2.10. The van der Waals surface area contributed by atoms with E-state index in [1.165, 1.54) is 5.56 Å². The molecule has 3 aromatic rings. The van der Waals surface area contributed by atoms with Gasteiger partial charge in [-0.3, -0.25) is 0 Å². The number of H-pyrrole nitrogens is 1. The molecule has 0 aliphatic heterocycles. The second-order valence-electron chi connectivity index (χ2n) is 6.22. The number of rotatable bonds is 7. The Morgan fingerprint density at radius 2 is 1.88 bits per heavy atom. The molecule has 0 radical (unpaired) electrons. The minimum Gasteiger partial charge on any atom is -0.382 e. The van der Waals surface area contributed by atoms with Gasteiger partial charge in [-0.25, -0.2) is 4.79 Å². The number of fused-ring (bicyclic) bond motifs is 1. The van der Waals surface area contributed by atoms with Crippen LogP contribution >= 0.6 is 0 Å². The molecule has 0 atom stereocenters. The number of aryl methyl sites for hydroxylation is 1. The molecule has 1 heterocycles. The number of aromatic nitrogens is 1. The summed E-state index contributed by atoms with van der Waals surface area (Å²) in [4.78, 5) is 15.8. The number of ether oxygens (including phenoxy) is 1. The van der Waals surface area contributed by atoms with Crippen molar-refractivity contribution in [2.45, 2.75) is 20.3 Å². The lowest BCUT2D eigenvalue weighted by atomic mass is 10.1. The van der Waals surface area contributed by atoms with Crippen LogP contribution < -0.4 is 10.6 Å². The number of carbonyl (C=O) groups excluding carboxylic acids is 1. The summed E-state index contributed by atoms with van der Waals surface area (Å²) in [7, 11) is 0. The topological polar surface area (TPSA) is 66.2 Å². The molecule has 26 heavy (non-hydrogen) atoms. The van der Waals surface area contributed by atoms with E-state index in [4.69, 9.17) is 4.74 Å². The maximum atomic E-state index is 12.3. The summed E-state index contributed by atoms with van der Waals surface area (Å²) in [6, 6.07) is 16.0.